The summed E-state index contributed by atoms with van der Waals surface area (Å²) < 4.78 is 27.7. The molecule has 0 aliphatic carbocycles. The number of fused-ring (bicyclic) bond motifs is 1. The summed E-state index contributed by atoms with van der Waals surface area (Å²) in [5.74, 6) is 0.617. The Bertz CT molecular complexity index is 928. The van der Waals surface area contributed by atoms with Gasteiger partial charge in [0.15, 0.2) is 5.82 Å². The quantitative estimate of drug-likeness (QED) is 0.491. The fourth-order valence-electron chi connectivity index (χ4n) is 2.41. The van der Waals surface area contributed by atoms with Crippen molar-refractivity contribution in [3.63, 3.8) is 0 Å². The van der Waals surface area contributed by atoms with E-state index in [1.54, 1.807) is 36.7 Å². The molecule has 3 N–H and O–H groups in total. The third-order valence-electron chi connectivity index (χ3n) is 3.64. The summed E-state index contributed by atoms with van der Waals surface area (Å²) in [5, 5.41) is 18.5. The lowest BCUT2D eigenvalue weighted by Gasteiger charge is -2.15. The zero-order chi connectivity index (χ0) is 17.7. The average Bonchev–Trinajstić information content (AvgIpc) is 3.11. The Hall–Kier alpha value is -2.43. The fraction of sp³-hybridized carbons (Fsp3) is 0.333. The molecule has 0 amide bonds. The third kappa shape index (κ3) is 4.56. The summed E-state index contributed by atoms with van der Waals surface area (Å²) in [6.07, 6.45) is 3.96. The first kappa shape index (κ1) is 17.4. The van der Waals surface area contributed by atoms with Crippen LogP contribution in [0.3, 0.4) is 0 Å². The van der Waals surface area contributed by atoms with Gasteiger partial charge in [0.05, 0.1) is 4.90 Å². The van der Waals surface area contributed by atoms with E-state index in [0.717, 1.165) is 10.8 Å². The van der Waals surface area contributed by atoms with Gasteiger partial charge in [-0.1, -0.05) is 11.3 Å². The van der Waals surface area contributed by atoms with Crippen LogP contribution in [-0.4, -0.2) is 53.2 Å². The number of aromatic nitrogens is 5. The van der Waals surface area contributed by atoms with E-state index in [1.807, 2.05) is 6.92 Å². The largest absolute Gasteiger partial charge is 0.315 e. The topological polar surface area (TPSA) is 126 Å². The van der Waals surface area contributed by atoms with Crippen LogP contribution in [0.15, 0.2) is 41.6 Å². The molecule has 2 heterocycles. The highest BCUT2D eigenvalue weighted by Crippen LogP contribution is 2.18. The molecule has 1 atom stereocenters. The molecule has 0 fully saturated rings. The first-order valence-corrected chi connectivity index (χ1v) is 9.32. The number of tetrazole rings is 1. The van der Waals surface area contributed by atoms with Crippen LogP contribution in [0.5, 0.6) is 0 Å². The number of pyridine rings is 1. The molecule has 1 aromatic carbocycles. The zero-order valence-corrected chi connectivity index (χ0v) is 14.5. The molecule has 3 aromatic rings. The molecule has 0 radical (unpaired) electrons. The summed E-state index contributed by atoms with van der Waals surface area (Å²) in [6.45, 7) is 2.94. The molecular weight excluding hydrogens is 342 g/mol. The highest BCUT2D eigenvalue weighted by molar-refractivity contribution is 7.89. The molecular formula is C15H19N7O2S. The number of rotatable bonds is 8. The van der Waals surface area contributed by atoms with Crippen molar-refractivity contribution in [1.29, 1.82) is 0 Å². The van der Waals surface area contributed by atoms with E-state index >= 15 is 0 Å². The van der Waals surface area contributed by atoms with Crippen molar-refractivity contribution < 1.29 is 8.42 Å². The van der Waals surface area contributed by atoms with Crippen LogP contribution in [0.25, 0.3) is 10.8 Å². The Morgan fingerprint density at radius 1 is 1.24 bits per heavy atom. The summed E-state index contributed by atoms with van der Waals surface area (Å²) in [4.78, 5) is 4.27. The van der Waals surface area contributed by atoms with Gasteiger partial charge in [0.2, 0.25) is 10.0 Å². The SMILES string of the molecule is CC(CNCCc1nn[nH]n1)NS(=O)(=O)c1ccc2cnccc2c1. The maximum atomic E-state index is 12.5. The lowest BCUT2D eigenvalue weighted by atomic mass is 10.2. The molecule has 0 saturated heterocycles. The van der Waals surface area contributed by atoms with Gasteiger partial charge in [0.1, 0.15) is 0 Å². The van der Waals surface area contributed by atoms with Gasteiger partial charge >= 0.3 is 0 Å². The lowest BCUT2D eigenvalue weighted by Crippen LogP contribution is -2.40. The van der Waals surface area contributed by atoms with Crippen molar-refractivity contribution in [1.82, 2.24) is 35.6 Å². The number of H-pyrrole nitrogens is 1. The highest BCUT2D eigenvalue weighted by atomic mass is 32.2. The molecule has 0 saturated carbocycles. The molecule has 10 heteroatoms. The molecule has 1 unspecified atom stereocenters. The number of nitrogens with zero attached hydrogens (tertiary/aromatic N) is 4. The van der Waals surface area contributed by atoms with Gasteiger partial charge in [-0.25, -0.2) is 13.1 Å². The minimum Gasteiger partial charge on any atom is -0.315 e. The monoisotopic (exact) mass is 361 g/mol. The first-order valence-electron chi connectivity index (χ1n) is 7.84. The second-order valence-corrected chi connectivity index (χ2v) is 7.40. The summed E-state index contributed by atoms with van der Waals surface area (Å²) in [7, 11) is -3.58. The van der Waals surface area contributed by atoms with Crippen molar-refractivity contribution in [2.75, 3.05) is 13.1 Å². The van der Waals surface area contributed by atoms with Crippen LogP contribution in [0.4, 0.5) is 0 Å². The number of hydrogen-bond donors (Lipinski definition) is 3. The third-order valence-corrected chi connectivity index (χ3v) is 5.23. The molecule has 25 heavy (non-hydrogen) atoms. The number of sulfonamides is 1. The fourth-order valence-corrected chi connectivity index (χ4v) is 3.69. The van der Waals surface area contributed by atoms with Crippen molar-refractivity contribution in [3.05, 3.63) is 42.5 Å². The molecule has 0 spiro atoms. The Kier molecular flexibility index (Phi) is 5.31. The van der Waals surface area contributed by atoms with Gasteiger partial charge in [0, 0.05) is 43.3 Å². The molecule has 0 bridgehead atoms. The standard InChI is InChI=1S/C15H19N7O2S/c1-11(9-16-7-5-15-18-21-22-19-15)20-25(23,24)14-3-2-13-10-17-6-4-12(13)8-14/h2-4,6,8,10-11,16,20H,5,7,9H2,1H3,(H,18,19,21,22). The Balaban J connectivity index is 1.56. The molecule has 9 nitrogen and oxygen atoms in total. The minimum atomic E-state index is -3.58. The number of nitrogens with one attached hydrogen (secondary N) is 3. The van der Waals surface area contributed by atoms with Gasteiger partial charge < -0.3 is 5.32 Å². The van der Waals surface area contributed by atoms with Gasteiger partial charge in [-0.3, -0.25) is 4.98 Å². The van der Waals surface area contributed by atoms with Gasteiger partial charge in [-0.15, -0.1) is 10.2 Å². The van der Waals surface area contributed by atoms with Crippen molar-refractivity contribution in [2.45, 2.75) is 24.3 Å². The second-order valence-electron chi connectivity index (χ2n) is 5.69. The van der Waals surface area contributed by atoms with Crippen LogP contribution in [0.1, 0.15) is 12.7 Å². The maximum absolute atomic E-state index is 12.5. The summed E-state index contributed by atoms with van der Waals surface area (Å²) in [5.41, 5.74) is 0. The van der Waals surface area contributed by atoms with Crippen molar-refractivity contribution >= 4 is 20.8 Å². The van der Waals surface area contributed by atoms with E-state index in [1.165, 1.54) is 0 Å². The predicted molar refractivity (Wildman–Crippen MR) is 92.3 cm³/mol. The Morgan fingerprint density at radius 3 is 2.92 bits per heavy atom. The Morgan fingerprint density at radius 2 is 2.12 bits per heavy atom. The predicted octanol–water partition coefficient (Wildman–Crippen LogP) is 0.247. The van der Waals surface area contributed by atoms with Crippen LogP contribution < -0.4 is 10.0 Å². The molecule has 2 aromatic heterocycles. The van der Waals surface area contributed by atoms with E-state index in [-0.39, 0.29) is 10.9 Å². The first-order chi connectivity index (χ1) is 12.0. The van der Waals surface area contributed by atoms with Crippen LogP contribution in [0.2, 0.25) is 0 Å². The number of hydrogen-bond acceptors (Lipinski definition) is 7. The van der Waals surface area contributed by atoms with Crippen molar-refractivity contribution in [2.24, 2.45) is 0 Å². The highest BCUT2D eigenvalue weighted by Gasteiger charge is 2.17. The maximum Gasteiger partial charge on any atom is 0.240 e. The zero-order valence-electron chi connectivity index (χ0n) is 13.7. The normalized spacial score (nSPS) is 13.2. The van der Waals surface area contributed by atoms with E-state index in [2.05, 4.69) is 35.6 Å². The molecule has 132 valence electrons. The number of benzene rings is 1. The Labute approximate surface area is 145 Å². The van der Waals surface area contributed by atoms with E-state index in [9.17, 15) is 8.42 Å². The smallest absolute Gasteiger partial charge is 0.240 e. The lowest BCUT2D eigenvalue weighted by molar-refractivity contribution is 0.536. The average molecular weight is 361 g/mol. The second kappa shape index (κ2) is 7.64. The van der Waals surface area contributed by atoms with E-state index < -0.39 is 10.0 Å². The van der Waals surface area contributed by atoms with Crippen LogP contribution in [0, 0.1) is 0 Å². The van der Waals surface area contributed by atoms with Gasteiger partial charge in [0.25, 0.3) is 0 Å². The summed E-state index contributed by atoms with van der Waals surface area (Å²) in [6, 6.07) is 6.52. The molecule has 3 rings (SSSR count). The minimum absolute atomic E-state index is 0.241. The molecule has 0 aliphatic rings. The van der Waals surface area contributed by atoms with Gasteiger partial charge in [-0.05, 0) is 30.5 Å². The van der Waals surface area contributed by atoms with E-state index in [0.29, 0.717) is 25.3 Å². The number of aromatic amines is 1. The van der Waals surface area contributed by atoms with Crippen LogP contribution in [-0.2, 0) is 16.4 Å². The van der Waals surface area contributed by atoms with Gasteiger partial charge in [-0.2, -0.15) is 5.21 Å². The van der Waals surface area contributed by atoms with Crippen LogP contribution >= 0.6 is 0 Å². The van der Waals surface area contributed by atoms with E-state index in [4.69, 9.17) is 0 Å². The van der Waals surface area contributed by atoms with Crippen molar-refractivity contribution in [3.8, 4) is 0 Å². The molecule has 0 aliphatic heterocycles. The summed E-state index contributed by atoms with van der Waals surface area (Å²) >= 11 is 0.